The Morgan fingerprint density at radius 1 is 1.19 bits per heavy atom. The number of halogens is 1. The van der Waals surface area contributed by atoms with E-state index in [1.165, 1.54) is 23.3 Å². The molecule has 3 N–H and O–H groups in total. The van der Waals surface area contributed by atoms with Gasteiger partial charge in [-0.1, -0.05) is 36.4 Å². The Bertz CT molecular complexity index is 600. The Labute approximate surface area is 123 Å². The third-order valence-electron chi connectivity index (χ3n) is 4.02. The second-order valence-corrected chi connectivity index (χ2v) is 5.31. The summed E-state index contributed by atoms with van der Waals surface area (Å²) in [5.41, 5.74) is 6.34. The van der Waals surface area contributed by atoms with E-state index in [0.717, 1.165) is 25.0 Å². The van der Waals surface area contributed by atoms with Crippen molar-refractivity contribution >= 4 is 0 Å². The number of benzene rings is 2. The van der Waals surface area contributed by atoms with Crippen LogP contribution < -0.4 is 11.3 Å². The summed E-state index contributed by atoms with van der Waals surface area (Å²) in [4.78, 5) is 0. The summed E-state index contributed by atoms with van der Waals surface area (Å²) in [5.74, 6) is 5.44. The first-order valence-corrected chi connectivity index (χ1v) is 7.19. The average molecular weight is 286 g/mol. The highest BCUT2D eigenvalue weighted by molar-refractivity contribution is 5.31. The van der Waals surface area contributed by atoms with Crippen LogP contribution in [0.4, 0.5) is 4.39 Å². The maximum atomic E-state index is 13.0. The normalized spacial score (nSPS) is 19.0. The number of fused-ring (bicyclic) bond motifs is 1. The van der Waals surface area contributed by atoms with Crippen LogP contribution in [0.5, 0.6) is 0 Å². The maximum absolute atomic E-state index is 13.0. The average Bonchev–Trinajstić information content (AvgIpc) is 2.54. The van der Waals surface area contributed by atoms with Gasteiger partial charge in [-0.3, -0.25) is 11.3 Å². The maximum Gasteiger partial charge on any atom is 0.123 e. The van der Waals surface area contributed by atoms with Crippen molar-refractivity contribution in [3.63, 3.8) is 0 Å². The molecule has 1 heterocycles. The fourth-order valence-corrected chi connectivity index (χ4v) is 2.88. The van der Waals surface area contributed by atoms with Gasteiger partial charge in [-0.2, -0.15) is 0 Å². The Morgan fingerprint density at radius 3 is 2.71 bits per heavy atom. The van der Waals surface area contributed by atoms with Gasteiger partial charge in [0.25, 0.3) is 0 Å². The third kappa shape index (κ3) is 3.13. The summed E-state index contributed by atoms with van der Waals surface area (Å²) >= 11 is 0. The van der Waals surface area contributed by atoms with Gasteiger partial charge < -0.3 is 4.74 Å². The number of hydrazine groups is 1. The SMILES string of the molecule is NNC(CC1OCCc2ccccc21)c1ccc(F)cc1. The molecule has 0 aliphatic carbocycles. The highest BCUT2D eigenvalue weighted by Crippen LogP contribution is 2.34. The van der Waals surface area contributed by atoms with Gasteiger partial charge in [0.05, 0.1) is 12.7 Å². The summed E-state index contributed by atoms with van der Waals surface area (Å²) in [6.07, 6.45) is 1.68. The largest absolute Gasteiger partial charge is 0.373 e. The quantitative estimate of drug-likeness (QED) is 0.671. The van der Waals surface area contributed by atoms with Crippen LogP contribution in [0, 0.1) is 5.82 Å². The van der Waals surface area contributed by atoms with E-state index in [1.54, 1.807) is 12.1 Å². The molecule has 2 aromatic rings. The summed E-state index contributed by atoms with van der Waals surface area (Å²) in [5, 5.41) is 0. The van der Waals surface area contributed by atoms with E-state index in [9.17, 15) is 4.39 Å². The van der Waals surface area contributed by atoms with E-state index in [0.29, 0.717) is 0 Å². The number of nitrogens with two attached hydrogens (primary N) is 1. The molecule has 2 atom stereocenters. The number of hydrogen-bond acceptors (Lipinski definition) is 3. The molecule has 1 aliphatic heterocycles. The van der Waals surface area contributed by atoms with Crippen molar-refractivity contribution in [2.45, 2.75) is 25.0 Å². The van der Waals surface area contributed by atoms with Crippen molar-refractivity contribution in [2.24, 2.45) is 5.84 Å². The molecular formula is C17H19FN2O. The van der Waals surface area contributed by atoms with Crippen LogP contribution in [-0.2, 0) is 11.2 Å². The second kappa shape index (κ2) is 6.35. The van der Waals surface area contributed by atoms with Gasteiger partial charge in [-0.15, -0.1) is 0 Å². The van der Waals surface area contributed by atoms with E-state index < -0.39 is 0 Å². The minimum Gasteiger partial charge on any atom is -0.373 e. The number of nitrogens with one attached hydrogen (secondary N) is 1. The van der Waals surface area contributed by atoms with Crippen molar-refractivity contribution in [2.75, 3.05) is 6.61 Å². The number of rotatable bonds is 4. The van der Waals surface area contributed by atoms with Crippen molar-refractivity contribution in [1.29, 1.82) is 0 Å². The van der Waals surface area contributed by atoms with Gasteiger partial charge in [-0.05, 0) is 41.7 Å². The van der Waals surface area contributed by atoms with E-state index in [1.807, 2.05) is 6.07 Å². The third-order valence-corrected chi connectivity index (χ3v) is 4.02. The lowest BCUT2D eigenvalue weighted by molar-refractivity contribution is 0.0293. The zero-order chi connectivity index (χ0) is 14.7. The zero-order valence-corrected chi connectivity index (χ0v) is 11.8. The molecule has 0 aromatic heterocycles. The lowest BCUT2D eigenvalue weighted by Gasteiger charge is -2.29. The molecule has 0 saturated carbocycles. The molecule has 21 heavy (non-hydrogen) atoms. The molecule has 0 fully saturated rings. The fourth-order valence-electron chi connectivity index (χ4n) is 2.88. The Hall–Kier alpha value is -1.75. The van der Waals surface area contributed by atoms with Gasteiger partial charge in [0.1, 0.15) is 5.82 Å². The molecule has 2 aromatic carbocycles. The van der Waals surface area contributed by atoms with E-state index in [2.05, 4.69) is 23.6 Å². The fraction of sp³-hybridized carbons (Fsp3) is 0.294. The molecule has 2 unspecified atom stereocenters. The predicted octanol–water partition coefficient (Wildman–Crippen LogP) is 3.03. The number of hydrogen-bond donors (Lipinski definition) is 2. The van der Waals surface area contributed by atoms with Gasteiger partial charge in [0, 0.05) is 6.04 Å². The van der Waals surface area contributed by atoms with Crippen LogP contribution >= 0.6 is 0 Å². The van der Waals surface area contributed by atoms with E-state index in [4.69, 9.17) is 10.6 Å². The molecule has 4 heteroatoms. The molecule has 3 nitrogen and oxygen atoms in total. The van der Waals surface area contributed by atoms with Gasteiger partial charge in [0.15, 0.2) is 0 Å². The molecule has 1 aliphatic rings. The van der Waals surface area contributed by atoms with Crippen molar-refractivity contribution in [1.82, 2.24) is 5.43 Å². The van der Waals surface area contributed by atoms with Crippen LogP contribution in [0.2, 0.25) is 0 Å². The van der Waals surface area contributed by atoms with Gasteiger partial charge in [0.2, 0.25) is 0 Å². The molecule has 110 valence electrons. The Balaban J connectivity index is 1.80. The van der Waals surface area contributed by atoms with Crippen LogP contribution in [0.1, 0.15) is 35.3 Å². The predicted molar refractivity (Wildman–Crippen MR) is 79.9 cm³/mol. The summed E-state index contributed by atoms with van der Waals surface area (Å²) in [7, 11) is 0. The smallest absolute Gasteiger partial charge is 0.123 e. The minimum absolute atomic E-state index is 0.0149. The molecule has 3 rings (SSSR count). The zero-order valence-electron chi connectivity index (χ0n) is 11.8. The van der Waals surface area contributed by atoms with Gasteiger partial charge >= 0.3 is 0 Å². The molecular weight excluding hydrogens is 267 g/mol. The standard InChI is InChI=1S/C17H19FN2O/c18-14-7-5-13(6-8-14)16(20-19)11-17-15-4-2-1-3-12(15)9-10-21-17/h1-8,16-17,20H,9-11,19H2. The lowest BCUT2D eigenvalue weighted by Crippen LogP contribution is -2.31. The first-order chi connectivity index (χ1) is 10.3. The lowest BCUT2D eigenvalue weighted by atomic mass is 9.91. The van der Waals surface area contributed by atoms with E-state index in [-0.39, 0.29) is 18.0 Å². The van der Waals surface area contributed by atoms with E-state index >= 15 is 0 Å². The number of ether oxygens (including phenoxy) is 1. The first kappa shape index (κ1) is 14.2. The van der Waals surface area contributed by atoms with Crippen LogP contribution in [-0.4, -0.2) is 6.61 Å². The van der Waals surface area contributed by atoms with Crippen LogP contribution in [0.25, 0.3) is 0 Å². The Kier molecular flexibility index (Phi) is 4.29. The molecule has 0 amide bonds. The molecule has 0 bridgehead atoms. The van der Waals surface area contributed by atoms with Crippen LogP contribution in [0.15, 0.2) is 48.5 Å². The van der Waals surface area contributed by atoms with Crippen LogP contribution in [0.3, 0.4) is 0 Å². The topological polar surface area (TPSA) is 47.3 Å². The van der Waals surface area contributed by atoms with Crippen molar-refractivity contribution in [3.8, 4) is 0 Å². The monoisotopic (exact) mass is 286 g/mol. The minimum atomic E-state index is -0.242. The molecule has 0 spiro atoms. The summed E-state index contributed by atoms with van der Waals surface area (Å²) in [6, 6.07) is 14.7. The summed E-state index contributed by atoms with van der Waals surface area (Å²) < 4.78 is 18.9. The van der Waals surface area contributed by atoms with Crippen molar-refractivity contribution in [3.05, 3.63) is 71.0 Å². The summed E-state index contributed by atoms with van der Waals surface area (Å²) in [6.45, 7) is 0.725. The highest BCUT2D eigenvalue weighted by atomic mass is 19.1. The molecule has 0 radical (unpaired) electrons. The van der Waals surface area contributed by atoms with Gasteiger partial charge in [-0.25, -0.2) is 4.39 Å². The second-order valence-electron chi connectivity index (χ2n) is 5.31. The molecule has 0 saturated heterocycles. The van der Waals surface area contributed by atoms with Crippen molar-refractivity contribution < 1.29 is 9.13 Å². The highest BCUT2D eigenvalue weighted by Gasteiger charge is 2.24. The Morgan fingerprint density at radius 2 is 1.95 bits per heavy atom. The first-order valence-electron chi connectivity index (χ1n) is 7.19.